The third-order valence-corrected chi connectivity index (χ3v) is 11.1. The molecular formula is C33H46N2O5. The summed E-state index contributed by atoms with van der Waals surface area (Å²) in [5.41, 5.74) is 4.59. The summed E-state index contributed by atoms with van der Waals surface area (Å²) < 4.78 is 17.2. The van der Waals surface area contributed by atoms with E-state index in [0.29, 0.717) is 24.4 Å². The Morgan fingerprint density at radius 1 is 1.07 bits per heavy atom. The van der Waals surface area contributed by atoms with Crippen LogP contribution in [0.15, 0.2) is 40.6 Å². The zero-order valence-electron chi connectivity index (χ0n) is 24.4. The largest absolute Gasteiger partial charge is 0.493 e. The van der Waals surface area contributed by atoms with Crippen molar-refractivity contribution in [1.82, 2.24) is 4.90 Å². The Morgan fingerprint density at radius 3 is 2.65 bits per heavy atom. The summed E-state index contributed by atoms with van der Waals surface area (Å²) >= 11 is 0. The van der Waals surface area contributed by atoms with Crippen molar-refractivity contribution in [1.29, 1.82) is 0 Å². The minimum atomic E-state index is -0.183. The summed E-state index contributed by atoms with van der Waals surface area (Å²) in [7, 11) is 1.68. The first-order chi connectivity index (χ1) is 19.4. The second-order valence-electron chi connectivity index (χ2n) is 13.1. The number of hydrogen-bond acceptors (Lipinski definition) is 7. The number of ether oxygens (including phenoxy) is 3. The van der Waals surface area contributed by atoms with Crippen LogP contribution >= 0.6 is 0 Å². The molecule has 7 nitrogen and oxygen atoms in total. The Kier molecular flexibility index (Phi) is 7.75. The fraction of sp³-hybridized carbons (Fsp3) is 0.667. The zero-order valence-corrected chi connectivity index (χ0v) is 24.4. The fourth-order valence-electron chi connectivity index (χ4n) is 8.84. The standard InChI is InChI=1S/C33H46N2O5/c1-32-10-8-25(36)21-24(32)5-6-26-27(32)9-11-33(2)28(26)20-23(31(33)34-37)18-22-4-7-29(30(19-22)38-3)40-17-14-35-12-15-39-16-13-35/h4-5,7,18-19,25-28,36-37H,6,8-17,20-21H2,1-3H3/b23-18+,34-31+/t25-,26+,27-,28-,32-,33-/m0/s1. The minimum absolute atomic E-state index is 0.121. The van der Waals surface area contributed by atoms with Crippen molar-refractivity contribution in [3.8, 4) is 11.5 Å². The molecular weight excluding hydrogens is 504 g/mol. The lowest BCUT2D eigenvalue weighted by Gasteiger charge is -2.56. The number of hydrogen-bond donors (Lipinski definition) is 2. The smallest absolute Gasteiger partial charge is 0.161 e. The highest BCUT2D eigenvalue weighted by molar-refractivity contribution is 6.09. The molecule has 4 aliphatic carbocycles. The summed E-state index contributed by atoms with van der Waals surface area (Å²) in [5, 5.41) is 24.6. The normalized spacial score (nSPS) is 38.0. The summed E-state index contributed by atoms with van der Waals surface area (Å²) in [6, 6.07) is 6.10. The average Bonchev–Trinajstić information content (AvgIpc) is 3.25. The van der Waals surface area contributed by atoms with Gasteiger partial charge in [0, 0.05) is 25.0 Å². The molecule has 5 aliphatic rings. The third-order valence-electron chi connectivity index (χ3n) is 11.1. The average molecular weight is 551 g/mol. The number of rotatable bonds is 6. The Morgan fingerprint density at radius 2 is 1.88 bits per heavy atom. The van der Waals surface area contributed by atoms with Crippen molar-refractivity contribution in [3.05, 3.63) is 41.0 Å². The Hall–Kier alpha value is -2.35. The van der Waals surface area contributed by atoms with E-state index in [9.17, 15) is 10.3 Å². The van der Waals surface area contributed by atoms with Gasteiger partial charge in [0.25, 0.3) is 0 Å². The summed E-state index contributed by atoms with van der Waals surface area (Å²) in [6.45, 7) is 9.71. The molecule has 7 heteroatoms. The van der Waals surface area contributed by atoms with E-state index in [1.54, 1.807) is 7.11 Å². The molecule has 1 saturated heterocycles. The second kappa shape index (κ2) is 11.1. The molecule has 0 spiro atoms. The summed E-state index contributed by atoms with van der Waals surface area (Å²) in [5.74, 6) is 3.13. The van der Waals surface area contributed by atoms with Crippen molar-refractivity contribution < 1.29 is 24.5 Å². The maximum atomic E-state index is 10.3. The van der Waals surface area contributed by atoms with Gasteiger partial charge >= 0.3 is 0 Å². The van der Waals surface area contributed by atoms with Gasteiger partial charge in [-0.3, -0.25) is 4.90 Å². The van der Waals surface area contributed by atoms with Crippen LogP contribution < -0.4 is 9.47 Å². The first kappa shape index (κ1) is 27.8. The van der Waals surface area contributed by atoms with E-state index in [0.717, 1.165) is 106 Å². The molecule has 0 radical (unpaired) electrons. The fourth-order valence-corrected chi connectivity index (χ4v) is 8.84. The Labute approximate surface area is 238 Å². The van der Waals surface area contributed by atoms with Gasteiger partial charge in [-0.1, -0.05) is 36.7 Å². The quantitative estimate of drug-likeness (QED) is 0.274. The van der Waals surface area contributed by atoms with Crippen LogP contribution in [0.25, 0.3) is 6.08 Å². The number of nitrogens with zero attached hydrogens (tertiary/aromatic N) is 2. The zero-order chi connectivity index (χ0) is 27.9. The molecule has 40 heavy (non-hydrogen) atoms. The highest BCUT2D eigenvalue weighted by Crippen LogP contribution is 2.65. The van der Waals surface area contributed by atoms with Crippen LogP contribution in [0.2, 0.25) is 0 Å². The van der Waals surface area contributed by atoms with Crippen LogP contribution in [-0.2, 0) is 4.74 Å². The predicted octanol–water partition coefficient (Wildman–Crippen LogP) is 5.55. The van der Waals surface area contributed by atoms with E-state index in [1.807, 2.05) is 12.1 Å². The lowest BCUT2D eigenvalue weighted by Crippen LogP contribution is -2.50. The number of morpholine rings is 1. The molecule has 2 N–H and O–H groups in total. The summed E-state index contributed by atoms with van der Waals surface area (Å²) in [6.07, 6.45) is 11.5. The van der Waals surface area contributed by atoms with Gasteiger partial charge in [-0.2, -0.15) is 0 Å². The number of aliphatic hydroxyl groups excluding tert-OH is 1. The predicted molar refractivity (Wildman–Crippen MR) is 156 cm³/mol. The summed E-state index contributed by atoms with van der Waals surface area (Å²) in [4.78, 5) is 2.36. The molecule has 4 fully saturated rings. The van der Waals surface area contributed by atoms with Crippen molar-refractivity contribution in [2.24, 2.45) is 33.7 Å². The van der Waals surface area contributed by atoms with Crippen LogP contribution in [0, 0.1) is 28.6 Å². The molecule has 0 aromatic heterocycles. The third kappa shape index (κ3) is 4.88. The number of oxime groups is 1. The van der Waals surface area contributed by atoms with Gasteiger partial charge in [-0.05, 0) is 97.5 Å². The maximum absolute atomic E-state index is 10.3. The van der Waals surface area contributed by atoms with E-state index in [1.165, 1.54) is 5.57 Å². The molecule has 3 saturated carbocycles. The van der Waals surface area contributed by atoms with Crippen LogP contribution in [-0.4, -0.2) is 73.6 Å². The molecule has 0 unspecified atom stereocenters. The van der Waals surface area contributed by atoms with Crippen molar-refractivity contribution in [3.63, 3.8) is 0 Å². The molecule has 1 aliphatic heterocycles. The van der Waals surface area contributed by atoms with Gasteiger partial charge in [0.05, 0.1) is 32.1 Å². The number of aliphatic hydroxyl groups is 1. The second-order valence-corrected chi connectivity index (χ2v) is 13.1. The van der Waals surface area contributed by atoms with Crippen molar-refractivity contribution in [2.75, 3.05) is 46.6 Å². The Balaban J connectivity index is 1.20. The maximum Gasteiger partial charge on any atom is 0.161 e. The molecule has 6 rings (SSSR count). The lowest BCUT2D eigenvalue weighted by molar-refractivity contribution is -0.0206. The van der Waals surface area contributed by atoms with Gasteiger partial charge in [0.2, 0.25) is 0 Å². The molecule has 0 amide bonds. The SMILES string of the molecule is COc1cc(/C=C2\C[C@H]3[C@@H]4CC=C5C[C@@H](O)CC[C@]5(C)[C@H]4CC[C@]3(C)\C2=N\O)ccc1OCCN1CCOCC1. The first-order valence-corrected chi connectivity index (χ1v) is 15.3. The molecule has 1 heterocycles. The molecule has 218 valence electrons. The number of fused-ring (bicyclic) bond motifs is 5. The van der Waals surface area contributed by atoms with Gasteiger partial charge in [0.15, 0.2) is 11.5 Å². The van der Waals surface area contributed by atoms with Crippen molar-refractivity contribution in [2.45, 2.75) is 64.9 Å². The minimum Gasteiger partial charge on any atom is -0.493 e. The number of benzene rings is 1. The first-order valence-electron chi connectivity index (χ1n) is 15.3. The van der Waals surface area contributed by atoms with Gasteiger partial charge in [-0.15, -0.1) is 0 Å². The van der Waals surface area contributed by atoms with E-state index in [-0.39, 0.29) is 16.9 Å². The molecule has 1 aromatic rings. The monoisotopic (exact) mass is 550 g/mol. The van der Waals surface area contributed by atoms with Gasteiger partial charge in [0.1, 0.15) is 6.61 Å². The molecule has 6 atom stereocenters. The van der Waals surface area contributed by atoms with Crippen LogP contribution in [0.1, 0.15) is 64.4 Å². The van der Waals surface area contributed by atoms with E-state index in [4.69, 9.17) is 14.2 Å². The van der Waals surface area contributed by atoms with Gasteiger partial charge < -0.3 is 24.5 Å². The van der Waals surface area contributed by atoms with E-state index in [2.05, 4.69) is 42.1 Å². The van der Waals surface area contributed by atoms with Crippen molar-refractivity contribution >= 4 is 11.8 Å². The highest BCUT2D eigenvalue weighted by Gasteiger charge is 2.59. The van der Waals surface area contributed by atoms with E-state index < -0.39 is 0 Å². The lowest BCUT2D eigenvalue weighted by atomic mass is 9.48. The number of methoxy groups -OCH3 is 1. The molecule has 1 aromatic carbocycles. The Bertz CT molecular complexity index is 1190. The van der Waals surface area contributed by atoms with Gasteiger partial charge in [-0.25, -0.2) is 0 Å². The topological polar surface area (TPSA) is 83.8 Å². The van der Waals surface area contributed by atoms with Crippen LogP contribution in [0.4, 0.5) is 0 Å². The molecule has 0 bridgehead atoms. The number of allylic oxidation sites excluding steroid dienone is 2. The van der Waals surface area contributed by atoms with Crippen LogP contribution in [0.3, 0.4) is 0 Å². The van der Waals surface area contributed by atoms with Crippen LogP contribution in [0.5, 0.6) is 11.5 Å². The highest BCUT2D eigenvalue weighted by atomic mass is 16.5. The van der Waals surface area contributed by atoms with E-state index >= 15 is 0 Å².